The molecule has 4 nitrogen and oxygen atoms in total. The number of likely N-dealkylation sites (N-methyl/N-ethyl adjacent to an activating group) is 2. The molecule has 1 unspecified atom stereocenters. The molecule has 0 spiro atoms. The molecule has 0 aromatic carbocycles. The van der Waals surface area contributed by atoms with Crippen molar-refractivity contribution in [1.29, 1.82) is 0 Å². The molecule has 0 saturated carbocycles. The number of carboxylic acid groups (broad SMARTS) is 1. The van der Waals surface area contributed by atoms with E-state index in [-0.39, 0.29) is 0 Å². The average Bonchev–Trinajstić information content (AvgIpc) is 2.03. The monoisotopic (exact) mass is 190 g/mol. The van der Waals surface area contributed by atoms with Crippen molar-refractivity contribution in [1.82, 2.24) is 9.80 Å². The third kappa shape index (κ3) is 7.74. The molecule has 0 rings (SSSR count). The summed E-state index contributed by atoms with van der Waals surface area (Å²) in [4.78, 5) is 14.2. The first-order valence-corrected chi connectivity index (χ1v) is 4.49. The molecule has 13 heavy (non-hydrogen) atoms. The van der Waals surface area contributed by atoms with Gasteiger partial charge in [-0.15, -0.1) is 0 Å². The van der Waals surface area contributed by atoms with Crippen molar-refractivity contribution < 1.29 is 9.90 Å². The molecule has 0 heterocycles. The third-order valence-electron chi connectivity index (χ3n) is 1.45. The second-order valence-corrected chi connectivity index (χ2v) is 3.08. The van der Waals surface area contributed by atoms with Crippen LogP contribution in [0.4, 0.5) is 0 Å². The number of hydrogen-bond donors (Lipinski definition) is 1. The van der Waals surface area contributed by atoms with E-state index in [0.717, 1.165) is 0 Å². The number of rotatable bonds is 4. The van der Waals surface area contributed by atoms with E-state index < -0.39 is 12.0 Å². The molecule has 0 amide bonds. The number of nitrogens with zero attached hydrogens (tertiary/aromatic N) is 2. The highest BCUT2D eigenvalue weighted by molar-refractivity contribution is 5.73. The summed E-state index contributed by atoms with van der Waals surface area (Å²) in [6.45, 7) is 4.54. The molecule has 0 aliphatic carbocycles. The lowest BCUT2D eigenvalue weighted by Crippen LogP contribution is -2.43. The Morgan fingerprint density at radius 1 is 1.23 bits per heavy atom. The third-order valence-corrected chi connectivity index (χ3v) is 1.45. The van der Waals surface area contributed by atoms with Gasteiger partial charge in [-0.1, -0.05) is 13.8 Å². The van der Waals surface area contributed by atoms with Gasteiger partial charge in [-0.3, -0.25) is 9.69 Å². The first-order chi connectivity index (χ1) is 5.95. The number of aliphatic carboxylic acids is 1. The fraction of sp³-hybridized carbons (Fsp3) is 0.889. The van der Waals surface area contributed by atoms with Crippen molar-refractivity contribution in [3.63, 3.8) is 0 Å². The van der Waals surface area contributed by atoms with Crippen molar-refractivity contribution >= 4 is 5.97 Å². The average molecular weight is 190 g/mol. The maximum atomic E-state index is 10.6. The Kier molecular flexibility index (Phi) is 9.17. The highest BCUT2D eigenvalue weighted by atomic mass is 16.4. The van der Waals surface area contributed by atoms with Crippen molar-refractivity contribution in [2.24, 2.45) is 0 Å². The summed E-state index contributed by atoms with van der Waals surface area (Å²) in [5.74, 6) is -0.774. The van der Waals surface area contributed by atoms with E-state index in [1.54, 1.807) is 19.0 Å². The molecule has 0 fully saturated rings. The number of carbonyl (C=O) groups is 1. The lowest BCUT2D eigenvalue weighted by Gasteiger charge is -2.22. The van der Waals surface area contributed by atoms with Crippen LogP contribution in [0.25, 0.3) is 0 Å². The molecule has 0 aliphatic rings. The molecule has 4 heteroatoms. The SMILES string of the molecule is CC.CN(C)CC(C(=O)O)N(C)C. The molecule has 0 aliphatic heterocycles. The molecule has 0 radical (unpaired) electrons. The number of hydrogen-bond acceptors (Lipinski definition) is 3. The minimum Gasteiger partial charge on any atom is -0.480 e. The Labute approximate surface area is 81.1 Å². The van der Waals surface area contributed by atoms with Gasteiger partial charge in [-0.2, -0.15) is 0 Å². The summed E-state index contributed by atoms with van der Waals surface area (Å²) in [6, 6.07) is -0.412. The van der Waals surface area contributed by atoms with Gasteiger partial charge in [0.2, 0.25) is 0 Å². The highest BCUT2D eigenvalue weighted by Gasteiger charge is 2.19. The standard InChI is InChI=1S/C7H16N2O2.C2H6/c1-8(2)5-6(7(10)11)9(3)4;1-2/h6H,5H2,1-4H3,(H,10,11);1-2H3. The fourth-order valence-corrected chi connectivity index (χ4v) is 0.808. The molecule has 0 aromatic rings. The van der Waals surface area contributed by atoms with Crippen LogP contribution in [-0.4, -0.2) is 61.7 Å². The lowest BCUT2D eigenvalue weighted by atomic mass is 10.2. The quantitative estimate of drug-likeness (QED) is 0.704. The van der Waals surface area contributed by atoms with Crippen molar-refractivity contribution in [2.45, 2.75) is 19.9 Å². The smallest absolute Gasteiger partial charge is 0.322 e. The maximum Gasteiger partial charge on any atom is 0.322 e. The fourth-order valence-electron chi connectivity index (χ4n) is 0.808. The predicted molar refractivity (Wildman–Crippen MR) is 55.0 cm³/mol. The molecule has 1 atom stereocenters. The van der Waals surface area contributed by atoms with Gasteiger partial charge >= 0.3 is 5.97 Å². The Hall–Kier alpha value is -0.610. The van der Waals surface area contributed by atoms with Gasteiger partial charge < -0.3 is 10.0 Å². The van der Waals surface area contributed by atoms with E-state index >= 15 is 0 Å². The minimum atomic E-state index is -0.774. The normalized spacial score (nSPS) is 12.3. The van der Waals surface area contributed by atoms with Crippen LogP contribution in [-0.2, 0) is 4.79 Å². The van der Waals surface area contributed by atoms with Crippen LogP contribution in [0.15, 0.2) is 0 Å². The molecule has 0 saturated heterocycles. The van der Waals surface area contributed by atoms with Crippen molar-refractivity contribution in [3.05, 3.63) is 0 Å². The Bertz CT molecular complexity index is 136. The summed E-state index contributed by atoms with van der Waals surface area (Å²) in [7, 11) is 7.25. The van der Waals surface area contributed by atoms with E-state index in [0.29, 0.717) is 6.54 Å². The first-order valence-electron chi connectivity index (χ1n) is 4.49. The minimum absolute atomic E-state index is 0.412. The number of carboxylic acids is 1. The molecule has 0 bridgehead atoms. The summed E-state index contributed by atoms with van der Waals surface area (Å²) < 4.78 is 0. The van der Waals surface area contributed by atoms with Gasteiger partial charge in [0.15, 0.2) is 0 Å². The molecule has 80 valence electrons. The largest absolute Gasteiger partial charge is 0.480 e. The van der Waals surface area contributed by atoms with Crippen LogP contribution in [0.3, 0.4) is 0 Å². The summed E-state index contributed by atoms with van der Waals surface area (Å²) in [5, 5.41) is 8.72. The van der Waals surface area contributed by atoms with Gasteiger partial charge in [0, 0.05) is 6.54 Å². The van der Waals surface area contributed by atoms with E-state index in [2.05, 4.69) is 0 Å². The van der Waals surface area contributed by atoms with Crippen molar-refractivity contribution in [2.75, 3.05) is 34.7 Å². The first kappa shape index (κ1) is 14.9. The van der Waals surface area contributed by atoms with Gasteiger partial charge in [-0.05, 0) is 28.2 Å². The van der Waals surface area contributed by atoms with Crippen LogP contribution < -0.4 is 0 Å². The van der Waals surface area contributed by atoms with Gasteiger partial charge in [0.1, 0.15) is 6.04 Å². The molecule has 0 aromatic heterocycles. The topological polar surface area (TPSA) is 43.8 Å². The second-order valence-electron chi connectivity index (χ2n) is 3.08. The van der Waals surface area contributed by atoms with Crippen LogP contribution in [0, 0.1) is 0 Å². The molecular weight excluding hydrogens is 168 g/mol. The van der Waals surface area contributed by atoms with Crippen LogP contribution >= 0.6 is 0 Å². The van der Waals surface area contributed by atoms with Gasteiger partial charge in [-0.25, -0.2) is 0 Å². The van der Waals surface area contributed by atoms with Gasteiger partial charge in [0.05, 0.1) is 0 Å². The van der Waals surface area contributed by atoms with Crippen LogP contribution in [0.1, 0.15) is 13.8 Å². The lowest BCUT2D eigenvalue weighted by molar-refractivity contribution is -0.142. The molecule has 1 N–H and O–H groups in total. The van der Waals surface area contributed by atoms with Crippen LogP contribution in [0.5, 0.6) is 0 Å². The zero-order chi connectivity index (χ0) is 11.0. The summed E-state index contributed by atoms with van der Waals surface area (Å²) >= 11 is 0. The van der Waals surface area contributed by atoms with E-state index in [1.807, 2.05) is 32.8 Å². The Balaban J connectivity index is 0. The summed E-state index contributed by atoms with van der Waals surface area (Å²) in [5.41, 5.74) is 0. The van der Waals surface area contributed by atoms with E-state index in [9.17, 15) is 4.79 Å². The van der Waals surface area contributed by atoms with Gasteiger partial charge in [0.25, 0.3) is 0 Å². The van der Waals surface area contributed by atoms with Crippen molar-refractivity contribution in [3.8, 4) is 0 Å². The maximum absolute atomic E-state index is 10.6. The molecular formula is C9H22N2O2. The van der Waals surface area contributed by atoms with E-state index in [4.69, 9.17) is 5.11 Å². The van der Waals surface area contributed by atoms with Crippen LogP contribution in [0.2, 0.25) is 0 Å². The van der Waals surface area contributed by atoms with E-state index in [1.165, 1.54) is 0 Å². The zero-order valence-electron chi connectivity index (χ0n) is 9.53. The summed E-state index contributed by atoms with van der Waals surface area (Å²) in [6.07, 6.45) is 0. The zero-order valence-corrected chi connectivity index (χ0v) is 9.53. The Morgan fingerprint density at radius 3 is 1.69 bits per heavy atom. The predicted octanol–water partition coefficient (Wildman–Crippen LogP) is 0.589. The highest BCUT2D eigenvalue weighted by Crippen LogP contribution is 1.94. The second kappa shape index (κ2) is 8.01. The Morgan fingerprint density at radius 2 is 1.62 bits per heavy atom.